The van der Waals surface area contributed by atoms with E-state index in [9.17, 15) is 15.3 Å². The predicted molar refractivity (Wildman–Crippen MR) is 150 cm³/mol. The standard InChI is InChI=1S/C33H36O4/c1-4-6-23-10-15-30(34)28(19-23)29-21-26(12-17-31(29)35)22(3)18-25-8-13-27(14-9-25)37-33-20-24(7-5-2)11-16-32(33)36/h8-17,19-22,34-36H,4-7,18H2,1-3H3. The van der Waals surface area contributed by atoms with E-state index in [0.717, 1.165) is 54.4 Å². The monoisotopic (exact) mass is 496 g/mol. The Kier molecular flexibility index (Phi) is 8.39. The first-order chi connectivity index (χ1) is 17.9. The molecule has 0 radical (unpaired) electrons. The maximum atomic E-state index is 10.6. The van der Waals surface area contributed by atoms with E-state index in [4.69, 9.17) is 4.74 Å². The lowest BCUT2D eigenvalue weighted by Crippen LogP contribution is -1.99. The molecule has 0 aromatic heterocycles. The van der Waals surface area contributed by atoms with Crippen LogP contribution in [0.3, 0.4) is 0 Å². The molecule has 0 aliphatic rings. The Morgan fingerprint density at radius 2 is 1.16 bits per heavy atom. The minimum Gasteiger partial charge on any atom is -0.507 e. The predicted octanol–water partition coefficient (Wildman–Crippen LogP) is 8.51. The third kappa shape index (κ3) is 6.45. The van der Waals surface area contributed by atoms with E-state index in [1.165, 1.54) is 0 Å². The lowest BCUT2D eigenvalue weighted by atomic mass is 9.90. The van der Waals surface area contributed by atoms with Gasteiger partial charge in [0.1, 0.15) is 17.2 Å². The fourth-order valence-electron chi connectivity index (χ4n) is 4.70. The highest BCUT2D eigenvalue weighted by atomic mass is 16.5. The lowest BCUT2D eigenvalue weighted by Gasteiger charge is -2.16. The van der Waals surface area contributed by atoms with Crippen LogP contribution < -0.4 is 4.74 Å². The highest BCUT2D eigenvalue weighted by molar-refractivity contribution is 5.76. The molecule has 4 aromatic carbocycles. The van der Waals surface area contributed by atoms with Crippen LogP contribution in [0.5, 0.6) is 28.7 Å². The van der Waals surface area contributed by atoms with Gasteiger partial charge >= 0.3 is 0 Å². The van der Waals surface area contributed by atoms with E-state index in [2.05, 4.69) is 20.8 Å². The van der Waals surface area contributed by atoms with E-state index in [-0.39, 0.29) is 23.2 Å². The van der Waals surface area contributed by atoms with Crippen LogP contribution in [0, 0.1) is 0 Å². The second-order valence-corrected chi connectivity index (χ2v) is 9.78. The van der Waals surface area contributed by atoms with Crippen molar-refractivity contribution in [2.75, 3.05) is 0 Å². The quantitative estimate of drug-likeness (QED) is 0.206. The van der Waals surface area contributed by atoms with Gasteiger partial charge < -0.3 is 20.1 Å². The molecule has 4 heteroatoms. The maximum Gasteiger partial charge on any atom is 0.169 e. The summed E-state index contributed by atoms with van der Waals surface area (Å²) in [5.74, 6) is 1.80. The molecule has 0 spiro atoms. The molecular formula is C33H36O4. The molecule has 192 valence electrons. The molecule has 4 rings (SSSR count). The zero-order valence-corrected chi connectivity index (χ0v) is 21.9. The average Bonchev–Trinajstić information content (AvgIpc) is 2.89. The molecule has 0 fully saturated rings. The van der Waals surface area contributed by atoms with Crippen molar-refractivity contribution in [2.24, 2.45) is 0 Å². The first-order valence-corrected chi connectivity index (χ1v) is 13.1. The van der Waals surface area contributed by atoms with E-state index in [1.807, 2.05) is 60.7 Å². The summed E-state index contributed by atoms with van der Waals surface area (Å²) in [4.78, 5) is 0. The third-order valence-corrected chi connectivity index (χ3v) is 6.74. The molecule has 4 aromatic rings. The summed E-state index contributed by atoms with van der Waals surface area (Å²) >= 11 is 0. The number of ether oxygens (including phenoxy) is 1. The molecule has 37 heavy (non-hydrogen) atoms. The van der Waals surface area contributed by atoms with Gasteiger partial charge in [-0.3, -0.25) is 0 Å². The molecule has 0 bridgehead atoms. The smallest absolute Gasteiger partial charge is 0.169 e. The van der Waals surface area contributed by atoms with Crippen LogP contribution in [0.4, 0.5) is 0 Å². The van der Waals surface area contributed by atoms with E-state index < -0.39 is 0 Å². The number of hydrogen-bond acceptors (Lipinski definition) is 4. The summed E-state index contributed by atoms with van der Waals surface area (Å²) < 4.78 is 5.96. The number of rotatable bonds is 10. The number of phenolic OH excluding ortho intramolecular Hbond substituents is 3. The van der Waals surface area contributed by atoms with Gasteiger partial charge in [-0.2, -0.15) is 0 Å². The number of benzene rings is 4. The van der Waals surface area contributed by atoms with Crippen molar-refractivity contribution in [3.8, 4) is 39.9 Å². The van der Waals surface area contributed by atoms with E-state index >= 15 is 0 Å². The molecule has 0 saturated carbocycles. The van der Waals surface area contributed by atoms with E-state index in [1.54, 1.807) is 18.2 Å². The zero-order chi connectivity index (χ0) is 26.4. The van der Waals surface area contributed by atoms with Gasteiger partial charge in [-0.25, -0.2) is 0 Å². The van der Waals surface area contributed by atoms with Crippen LogP contribution in [-0.4, -0.2) is 15.3 Å². The van der Waals surface area contributed by atoms with Crippen molar-refractivity contribution in [3.63, 3.8) is 0 Å². The third-order valence-electron chi connectivity index (χ3n) is 6.74. The first kappa shape index (κ1) is 26.2. The normalized spacial score (nSPS) is 11.9. The number of hydrogen-bond donors (Lipinski definition) is 3. The maximum absolute atomic E-state index is 10.6. The Balaban J connectivity index is 1.49. The highest BCUT2D eigenvalue weighted by Gasteiger charge is 2.15. The second-order valence-electron chi connectivity index (χ2n) is 9.78. The fraction of sp³-hybridized carbons (Fsp3) is 0.273. The fourth-order valence-corrected chi connectivity index (χ4v) is 4.70. The van der Waals surface area contributed by atoms with Gasteiger partial charge in [0.05, 0.1) is 0 Å². The molecule has 0 aliphatic heterocycles. The Bertz CT molecular complexity index is 1340. The summed E-state index contributed by atoms with van der Waals surface area (Å²) in [7, 11) is 0. The summed E-state index contributed by atoms with van der Waals surface area (Å²) in [6.07, 6.45) is 4.73. The number of aromatic hydroxyl groups is 3. The second kappa shape index (κ2) is 11.9. The summed E-state index contributed by atoms with van der Waals surface area (Å²) in [5.41, 5.74) is 5.83. The SMILES string of the molecule is CCCc1ccc(O)c(Oc2ccc(CC(C)c3ccc(O)c(-c4cc(CCC)ccc4O)c3)cc2)c1. The highest BCUT2D eigenvalue weighted by Crippen LogP contribution is 2.38. The van der Waals surface area contributed by atoms with Crippen LogP contribution >= 0.6 is 0 Å². The van der Waals surface area contributed by atoms with E-state index in [0.29, 0.717) is 22.6 Å². The topological polar surface area (TPSA) is 69.9 Å². The number of aryl methyl sites for hydroxylation is 2. The Hall–Kier alpha value is -3.92. The minimum atomic E-state index is 0.131. The first-order valence-electron chi connectivity index (χ1n) is 13.1. The van der Waals surface area contributed by atoms with Crippen LogP contribution in [0.1, 0.15) is 61.8 Å². The molecule has 0 heterocycles. The Morgan fingerprint density at radius 1 is 0.622 bits per heavy atom. The van der Waals surface area contributed by atoms with Gasteiger partial charge in [0.25, 0.3) is 0 Å². The van der Waals surface area contributed by atoms with Gasteiger partial charge in [0.15, 0.2) is 11.5 Å². The van der Waals surface area contributed by atoms with Gasteiger partial charge in [-0.15, -0.1) is 0 Å². The Morgan fingerprint density at radius 3 is 1.81 bits per heavy atom. The van der Waals surface area contributed by atoms with Crippen molar-refractivity contribution >= 4 is 0 Å². The van der Waals surface area contributed by atoms with Crippen molar-refractivity contribution in [1.82, 2.24) is 0 Å². The molecule has 1 unspecified atom stereocenters. The van der Waals surface area contributed by atoms with Crippen molar-refractivity contribution in [3.05, 3.63) is 101 Å². The van der Waals surface area contributed by atoms with Crippen LogP contribution in [0.15, 0.2) is 78.9 Å². The molecule has 0 saturated heterocycles. The summed E-state index contributed by atoms with van der Waals surface area (Å²) in [6.45, 7) is 6.41. The minimum absolute atomic E-state index is 0.131. The summed E-state index contributed by atoms with van der Waals surface area (Å²) in [6, 6.07) is 24.7. The van der Waals surface area contributed by atoms with Crippen molar-refractivity contribution in [2.45, 2.75) is 58.8 Å². The zero-order valence-electron chi connectivity index (χ0n) is 21.9. The molecule has 3 N–H and O–H groups in total. The molecule has 1 atom stereocenters. The van der Waals surface area contributed by atoms with Crippen LogP contribution in [-0.2, 0) is 19.3 Å². The van der Waals surface area contributed by atoms with Crippen LogP contribution in [0.2, 0.25) is 0 Å². The van der Waals surface area contributed by atoms with Crippen LogP contribution in [0.25, 0.3) is 11.1 Å². The lowest BCUT2D eigenvalue weighted by molar-refractivity contribution is 0.410. The molecule has 0 amide bonds. The van der Waals surface area contributed by atoms with Crippen molar-refractivity contribution in [1.29, 1.82) is 0 Å². The number of phenols is 3. The molecular weight excluding hydrogens is 460 g/mol. The average molecular weight is 497 g/mol. The van der Waals surface area contributed by atoms with Gasteiger partial charge in [-0.1, -0.05) is 63.9 Å². The molecule has 0 aliphatic carbocycles. The van der Waals surface area contributed by atoms with Gasteiger partial charge in [0.2, 0.25) is 0 Å². The molecule has 4 nitrogen and oxygen atoms in total. The Labute approximate surface area is 219 Å². The summed E-state index contributed by atoms with van der Waals surface area (Å²) in [5, 5.41) is 31.3. The largest absolute Gasteiger partial charge is 0.507 e. The van der Waals surface area contributed by atoms with Crippen molar-refractivity contribution < 1.29 is 20.1 Å². The van der Waals surface area contributed by atoms with Gasteiger partial charge in [0, 0.05) is 11.1 Å². The van der Waals surface area contributed by atoms with Gasteiger partial charge in [-0.05, 0) is 96.0 Å².